The van der Waals surface area contributed by atoms with Gasteiger partial charge >= 0.3 is 0 Å². The van der Waals surface area contributed by atoms with Crippen LogP contribution in [-0.4, -0.2) is 63.0 Å². The van der Waals surface area contributed by atoms with Gasteiger partial charge < -0.3 is 15.1 Å². The summed E-state index contributed by atoms with van der Waals surface area (Å²) in [6.45, 7) is 5.69. The fourth-order valence-electron chi connectivity index (χ4n) is 6.54. The Balaban J connectivity index is 1.31. The number of nitrogens with one attached hydrogen (secondary N) is 1. The van der Waals surface area contributed by atoms with Gasteiger partial charge in [-0.15, -0.1) is 0 Å². The molecule has 1 saturated carbocycles. The maximum absolute atomic E-state index is 15.4. The van der Waals surface area contributed by atoms with Crippen molar-refractivity contribution >= 4 is 23.4 Å². The van der Waals surface area contributed by atoms with Crippen molar-refractivity contribution in [2.75, 3.05) is 18.9 Å². The van der Waals surface area contributed by atoms with Crippen LogP contribution in [0.3, 0.4) is 0 Å². The highest BCUT2D eigenvalue weighted by Gasteiger charge is 2.56. The fraction of sp³-hybridized carbons (Fsp3) is 0.424. The molecular weight excluding hydrogens is 547 g/mol. The molecule has 0 radical (unpaired) electrons. The summed E-state index contributed by atoms with van der Waals surface area (Å²) < 4.78 is 17.3. The number of hydrogen-bond donors (Lipinski definition) is 1. The third-order valence-electron chi connectivity index (χ3n) is 9.06. The van der Waals surface area contributed by atoms with E-state index in [1.54, 1.807) is 13.1 Å². The molecule has 1 aromatic heterocycles. The number of para-hydroxylation sites is 1. The molecule has 6 rings (SSSR count). The quantitative estimate of drug-likeness (QED) is 0.429. The molecule has 0 unspecified atom stereocenters. The van der Waals surface area contributed by atoms with Crippen LogP contribution in [0.4, 0.5) is 10.1 Å². The Labute approximate surface area is 250 Å². The molecule has 3 aliphatic rings. The SMILES string of the molecule is Cc1cc(F)c(C(=O)N(C)[C@@H](CC(C)C)C(=O)N2C[C@]3(C[C@H]2C#N)C(=O)Nc2ccccc23)cc1-c1cnn(C2CC2)c1. The van der Waals surface area contributed by atoms with Gasteiger partial charge in [-0.05, 0) is 67.0 Å². The lowest BCUT2D eigenvalue weighted by Gasteiger charge is -2.33. The van der Waals surface area contributed by atoms with E-state index in [2.05, 4.69) is 16.5 Å². The van der Waals surface area contributed by atoms with Crippen molar-refractivity contribution < 1.29 is 18.8 Å². The van der Waals surface area contributed by atoms with Crippen molar-refractivity contribution in [2.24, 2.45) is 5.92 Å². The molecule has 10 heteroatoms. The Morgan fingerprint density at radius 2 is 2.00 bits per heavy atom. The van der Waals surface area contributed by atoms with E-state index >= 15 is 4.39 Å². The van der Waals surface area contributed by atoms with E-state index in [9.17, 15) is 19.6 Å². The lowest BCUT2D eigenvalue weighted by Crippen LogP contribution is -2.52. The Bertz CT molecular complexity index is 1670. The molecule has 9 nitrogen and oxygen atoms in total. The summed E-state index contributed by atoms with van der Waals surface area (Å²) >= 11 is 0. The molecule has 43 heavy (non-hydrogen) atoms. The van der Waals surface area contributed by atoms with Gasteiger partial charge in [-0.1, -0.05) is 32.0 Å². The van der Waals surface area contributed by atoms with Crippen LogP contribution in [0.1, 0.15) is 67.1 Å². The minimum absolute atomic E-state index is 0.0171. The number of likely N-dealkylation sites (tertiary alicyclic amines) is 1. The van der Waals surface area contributed by atoms with Crippen LogP contribution in [0.5, 0.6) is 0 Å². The van der Waals surface area contributed by atoms with E-state index in [-0.39, 0.29) is 30.4 Å². The van der Waals surface area contributed by atoms with Gasteiger partial charge in [-0.25, -0.2) is 4.39 Å². The van der Waals surface area contributed by atoms with Crippen LogP contribution in [0, 0.1) is 30.0 Å². The van der Waals surface area contributed by atoms with Gasteiger partial charge in [0.15, 0.2) is 0 Å². The summed E-state index contributed by atoms with van der Waals surface area (Å²) in [6, 6.07) is 11.0. The van der Waals surface area contributed by atoms with Crippen molar-refractivity contribution in [3.8, 4) is 17.2 Å². The van der Waals surface area contributed by atoms with E-state index < -0.39 is 35.1 Å². The first kappa shape index (κ1) is 28.6. The number of rotatable bonds is 7. The number of anilines is 1. The second-order valence-electron chi connectivity index (χ2n) is 12.5. The molecule has 3 atom stereocenters. The number of nitriles is 1. The highest BCUT2D eigenvalue weighted by molar-refractivity contribution is 6.07. The molecule has 1 spiro atoms. The summed E-state index contributed by atoms with van der Waals surface area (Å²) in [5.74, 6) is -1.95. The van der Waals surface area contributed by atoms with Crippen LogP contribution in [0.15, 0.2) is 48.8 Å². The predicted molar refractivity (Wildman–Crippen MR) is 158 cm³/mol. The molecule has 2 fully saturated rings. The summed E-state index contributed by atoms with van der Waals surface area (Å²) in [4.78, 5) is 44.1. The maximum Gasteiger partial charge on any atom is 0.257 e. The zero-order valence-corrected chi connectivity index (χ0v) is 24.8. The van der Waals surface area contributed by atoms with Gasteiger partial charge in [0.1, 0.15) is 17.9 Å². The second kappa shape index (κ2) is 10.6. The van der Waals surface area contributed by atoms with E-state index in [0.29, 0.717) is 29.3 Å². The zero-order valence-electron chi connectivity index (χ0n) is 24.8. The molecule has 1 aliphatic carbocycles. The monoisotopic (exact) mass is 582 g/mol. The molecule has 222 valence electrons. The molecule has 3 amide bonds. The summed E-state index contributed by atoms with van der Waals surface area (Å²) in [5, 5.41) is 17.4. The highest BCUT2D eigenvalue weighted by Crippen LogP contribution is 2.46. The zero-order chi connectivity index (χ0) is 30.6. The van der Waals surface area contributed by atoms with Gasteiger partial charge in [-0.2, -0.15) is 10.4 Å². The molecule has 1 N–H and O–H groups in total. The van der Waals surface area contributed by atoms with Gasteiger partial charge in [-0.3, -0.25) is 19.1 Å². The Morgan fingerprint density at radius 1 is 1.26 bits per heavy atom. The molecule has 2 aromatic carbocycles. The van der Waals surface area contributed by atoms with Gasteiger partial charge in [0.2, 0.25) is 11.8 Å². The molecule has 1 saturated heterocycles. The van der Waals surface area contributed by atoms with Crippen molar-refractivity contribution in [3.63, 3.8) is 0 Å². The first-order valence-electron chi connectivity index (χ1n) is 14.8. The number of benzene rings is 2. The van der Waals surface area contributed by atoms with Crippen molar-refractivity contribution in [2.45, 2.75) is 70.0 Å². The largest absolute Gasteiger partial charge is 0.330 e. The smallest absolute Gasteiger partial charge is 0.257 e. The van der Waals surface area contributed by atoms with Crippen LogP contribution in [0.25, 0.3) is 11.1 Å². The number of likely N-dealkylation sites (N-methyl/N-ethyl adjacent to an activating group) is 1. The average molecular weight is 583 g/mol. The first-order valence-corrected chi connectivity index (χ1v) is 14.8. The summed E-state index contributed by atoms with van der Waals surface area (Å²) in [7, 11) is 1.50. The molecule has 0 bridgehead atoms. The average Bonchev–Trinajstić information content (AvgIpc) is 3.47. The third kappa shape index (κ3) is 4.86. The first-order chi connectivity index (χ1) is 20.5. The molecular formula is C33H35FN6O3. The van der Waals surface area contributed by atoms with E-state index in [1.807, 2.05) is 49.0 Å². The molecule has 3 aromatic rings. The normalized spacial score (nSPS) is 21.6. The minimum Gasteiger partial charge on any atom is -0.330 e. The Hall–Kier alpha value is -4.52. The fourth-order valence-corrected chi connectivity index (χ4v) is 6.54. The number of hydrogen-bond acceptors (Lipinski definition) is 5. The number of carbonyl (C=O) groups excluding carboxylic acids is 3. The van der Waals surface area contributed by atoms with Crippen molar-refractivity contribution in [1.29, 1.82) is 5.26 Å². The Morgan fingerprint density at radius 3 is 2.70 bits per heavy atom. The van der Waals surface area contributed by atoms with Gasteiger partial charge in [0.25, 0.3) is 5.91 Å². The van der Waals surface area contributed by atoms with E-state index in [4.69, 9.17) is 0 Å². The molecule has 3 heterocycles. The number of amides is 3. The predicted octanol–water partition coefficient (Wildman–Crippen LogP) is 4.83. The number of halogens is 1. The van der Waals surface area contributed by atoms with Crippen LogP contribution in [-0.2, 0) is 15.0 Å². The summed E-state index contributed by atoms with van der Waals surface area (Å²) in [5.41, 5.74) is 2.44. The number of fused-ring (bicyclic) bond motifs is 2. The van der Waals surface area contributed by atoms with Crippen LogP contribution in [0.2, 0.25) is 0 Å². The lowest BCUT2D eigenvalue weighted by atomic mass is 9.80. The highest BCUT2D eigenvalue weighted by atomic mass is 19.1. The summed E-state index contributed by atoms with van der Waals surface area (Å²) in [6.07, 6.45) is 6.26. The number of nitrogens with zero attached hydrogens (tertiary/aromatic N) is 5. The van der Waals surface area contributed by atoms with E-state index in [1.165, 1.54) is 29.0 Å². The van der Waals surface area contributed by atoms with Gasteiger partial charge in [0, 0.05) is 37.5 Å². The van der Waals surface area contributed by atoms with Crippen molar-refractivity contribution in [1.82, 2.24) is 19.6 Å². The van der Waals surface area contributed by atoms with Crippen LogP contribution < -0.4 is 5.32 Å². The van der Waals surface area contributed by atoms with Crippen LogP contribution >= 0.6 is 0 Å². The lowest BCUT2D eigenvalue weighted by molar-refractivity contribution is -0.136. The number of aromatic nitrogens is 2. The third-order valence-corrected chi connectivity index (χ3v) is 9.06. The second-order valence-corrected chi connectivity index (χ2v) is 12.5. The van der Waals surface area contributed by atoms with Gasteiger partial charge in [0.05, 0.1) is 29.3 Å². The number of carbonyl (C=O) groups is 3. The number of aryl methyl sites for hydroxylation is 1. The minimum atomic E-state index is -1.04. The standard InChI is InChI=1S/C33H35FN6O3/c1-19(2)11-29(31(42)39-18-33(14-23(39)15-35)26-7-5-6-8-28(26)37-32(33)43)38(4)30(41)25-13-24(20(3)12-27(25)34)21-16-36-40(17-21)22-9-10-22/h5-8,12-13,16-17,19,22-23,29H,9-11,14,18H2,1-4H3,(H,37,43)/t23-,29-,33-/m0/s1. The molecule has 2 aliphatic heterocycles. The maximum atomic E-state index is 15.4. The van der Waals surface area contributed by atoms with E-state index in [0.717, 1.165) is 24.0 Å². The topological polar surface area (TPSA) is 111 Å². The van der Waals surface area contributed by atoms with Crippen molar-refractivity contribution in [3.05, 3.63) is 71.3 Å². The Kier molecular flexibility index (Phi) is 7.07.